The lowest BCUT2D eigenvalue weighted by Crippen LogP contribution is -2.19. The van der Waals surface area contributed by atoms with Crippen molar-refractivity contribution in [3.8, 4) is 11.5 Å². The number of carbonyl (C=O) groups is 1. The van der Waals surface area contributed by atoms with Crippen molar-refractivity contribution in [3.05, 3.63) is 23.9 Å². The molecular formula is C14H18N2O4. The predicted molar refractivity (Wildman–Crippen MR) is 75.9 cm³/mol. The molecule has 2 rings (SSSR count). The molecule has 0 bridgehead atoms. The van der Waals surface area contributed by atoms with Crippen LogP contribution in [-0.2, 0) is 0 Å². The first-order valence-corrected chi connectivity index (χ1v) is 6.23. The molecule has 0 fully saturated rings. The van der Waals surface area contributed by atoms with Crippen LogP contribution in [0.15, 0.2) is 18.2 Å². The van der Waals surface area contributed by atoms with E-state index in [4.69, 9.17) is 9.47 Å². The highest BCUT2D eigenvalue weighted by molar-refractivity contribution is 6.00. The summed E-state index contributed by atoms with van der Waals surface area (Å²) in [5.41, 5.74) is 0.773. The first-order chi connectivity index (χ1) is 9.52. The van der Waals surface area contributed by atoms with E-state index in [0.29, 0.717) is 35.6 Å². The summed E-state index contributed by atoms with van der Waals surface area (Å²) < 4.78 is 10.8. The molecule has 0 aliphatic rings. The number of methoxy groups -OCH3 is 1. The van der Waals surface area contributed by atoms with Crippen molar-refractivity contribution in [3.63, 3.8) is 0 Å². The van der Waals surface area contributed by atoms with Crippen LogP contribution in [0.25, 0.3) is 10.9 Å². The fourth-order valence-corrected chi connectivity index (χ4v) is 1.90. The van der Waals surface area contributed by atoms with E-state index in [1.807, 2.05) is 19.0 Å². The fraction of sp³-hybridized carbons (Fsp3) is 0.357. The number of hydrogen-bond acceptors (Lipinski definition) is 4. The third-order valence-electron chi connectivity index (χ3n) is 2.96. The summed E-state index contributed by atoms with van der Waals surface area (Å²) >= 11 is 0. The number of nitrogens with zero attached hydrogens (tertiary/aromatic N) is 1. The molecule has 0 aliphatic carbocycles. The van der Waals surface area contributed by atoms with E-state index < -0.39 is 5.97 Å². The summed E-state index contributed by atoms with van der Waals surface area (Å²) in [6.07, 6.45) is 0. The SMILES string of the molecule is COc1ccc2[nH]c(C(=O)O)c(OCCN(C)C)c2c1. The fourth-order valence-electron chi connectivity index (χ4n) is 1.90. The van der Waals surface area contributed by atoms with E-state index in [0.717, 1.165) is 0 Å². The van der Waals surface area contributed by atoms with Gasteiger partial charge in [-0.3, -0.25) is 0 Å². The Bertz CT molecular complexity index is 619. The number of hydrogen-bond donors (Lipinski definition) is 2. The molecule has 1 heterocycles. The average molecular weight is 278 g/mol. The Kier molecular flexibility index (Phi) is 4.14. The average Bonchev–Trinajstić information content (AvgIpc) is 2.76. The van der Waals surface area contributed by atoms with Gasteiger partial charge in [-0.15, -0.1) is 0 Å². The molecule has 108 valence electrons. The lowest BCUT2D eigenvalue weighted by molar-refractivity contribution is 0.0686. The molecule has 0 aliphatic heterocycles. The van der Waals surface area contributed by atoms with Crippen LogP contribution in [0.5, 0.6) is 11.5 Å². The molecule has 0 spiro atoms. The van der Waals surface area contributed by atoms with Crippen LogP contribution in [0.3, 0.4) is 0 Å². The van der Waals surface area contributed by atoms with Gasteiger partial charge in [0.15, 0.2) is 11.4 Å². The summed E-state index contributed by atoms with van der Waals surface area (Å²) in [6.45, 7) is 1.12. The highest BCUT2D eigenvalue weighted by Gasteiger charge is 2.19. The number of aromatic nitrogens is 1. The highest BCUT2D eigenvalue weighted by Crippen LogP contribution is 2.32. The largest absolute Gasteiger partial charge is 0.497 e. The number of aromatic carboxylic acids is 1. The third-order valence-corrected chi connectivity index (χ3v) is 2.96. The predicted octanol–water partition coefficient (Wildman–Crippen LogP) is 1.82. The Morgan fingerprint density at radius 1 is 1.40 bits per heavy atom. The van der Waals surface area contributed by atoms with E-state index in [-0.39, 0.29) is 5.69 Å². The number of benzene rings is 1. The molecule has 0 unspecified atom stereocenters. The summed E-state index contributed by atoms with van der Waals surface area (Å²) in [6, 6.07) is 5.32. The van der Waals surface area contributed by atoms with Crippen molar-refractivity contribution >= 4 is 16.9 Å². The zero-order valence-corrected chi connectivity index (χ0v) is 11.8. The molecule has 2 aromatic rings. The summed E-state index contributed by atoms with van der Waals surface area (Å²) in [5.74, 6) is -0.0285. The Hall–Kier alpha value is -2.21. The van der Waals surface area contributed by atoms with Crippen LogP contribution in [0, 0.1) is 0 Å². The van der Waals surface area contributed by atoms with Gasteiger partial charge in [0.1, 0.15) is 12.4 Å². The number of carboxylic acid groups (broad SMARTS) is 1. The maximum absolute atomic E-state index is 11.3. The van der Waals surface area contributed by atoms with Gasteiger partial charge in [-0.2, -0.15) is 0 Å². The number of aromatic amines is 1. The third kappa shape index (κ3) is 2.85. The standard InChI is InChI=1S/C14H18N2O4/c1-16(2)6-7-20-13-10-8-9(19-3)4-5-11(10)15-12(13)14(17)18/h4-5,8,15H,6-7H2,1-3H3,(H,17,18). The van der Waals surface area contributed by atoms with Gasteiger partial charge in [0.05, 0.1) is 12.6 Å². The summed E-state index contributed by atoms with van der Waals surface area (Å²) in [5, 5.41) is 9.96. The number of nitrogens with one attached hydrogen (secondary N) is 1. The highest BCUT2D eigenvalue weighted by atomic mass is 16.5. The monoisotopic (exact) mass is 278 g/mol. The van der Waals surface area contributed by atoms with E-state index in [1.54, 1.807) is 25.3 Å². The maximum atomic E-state index is 11.3. The molecule has 0 radical (unpaired) electrons. The lowest BCUT2D eigenvalue weighted by Gasteiger charge is -2.11. The van der Waals surface area contributed by atoms with Crippen molar-refractivity contribution in [2.75, 3.05) is 34.4 Å². The lowest BCUT2D eigenvalue weighted by atomic mass is 10.2. The quantitative estimate of drug-likeness (QED) is 0.843. The molecule has 0 amide bonds. The van der Waals surface area contributed by atoms with E-state index in [1.165, 1.54) is 0 Å². The van der Waals surface area contributed by atoms with Crippen LogP contribution in [0.2, 0.25) is 0 Å². The van der Waals surface area contributed by atoms with Gasteiger partial charge in [0.2, 0.25) is 0 Å². The molecule has 1 aromatic heterocycles. The molecular weight excluding hydrogens is 260 g/mol. The number of ether oxygens (including phenoxy) is 2. The minimum atomic E-state index is -1.04. The Morgan fingerprint density at radius 3 is 2.75 bits per heavy atom. The second-order valence-corrected chi connectivity index (χ2v) is 4.70. The van der Waals surface area contributed by atoms with Gasteiger partial charge in [0, 0.05) is 11.9 Å². The second-order valence-electron chi connectivity index (χ2n) is 4.70. The van der Waals surface area contributed by atoms with E-state index >= 15 is 0 Å². The number of carboxylic acids is 1. The van der Waals surface area contributed by atoms with Gasteiger partial charge < -0.3 is 24.5 Å². The van der Waals surface area contributed by atoms with Gasteiger partial charge in [-0.25, -0.2) is 4.79 Å². The van der Waals surface area contributed by atoms with Crippen LogP contribution >= 0.6 is 0 Å². The van der Waals surface area contributed by atoms with Crippen LogP contribution in [-0.4, -0.2) is 55.3 Å². The van der Waals surface area contributed by atoms with Crippen molar-refractivity contribution in [1.82, 2.24) is 9.88 Å². The molecule has 0 saturated heterocycles. The first kappa shape index (κ1) is 14.2. The number of fused-ring (bicyclic) bond motifs is 1. The van der Waals surface area contributed by atoms with E-state index in [9.17, 15) is 9.90 Å². The topological polar surface area (TPSA) is 74.8 Å². The normalized spacial score (nSPS) is 11.0. The Labute approximate surface area is 116 Å². The van der Waals surface area contributed by atoms with Gasteiger partial charge in [-0.05, 0) is 32.3 Å². The summed E-state index contributed by atoms with van der Waals surface area (Å²) in [4.78, 5) is 16.1. The minimum Gasteiger partial charge on any atom is -0.497 e. The molecule has 6 nitrogen and oxygen atoms in total. The van der Waals surface area contributed by atoms with Gasteiger partial charge in [0.25, 0.3) is 0 Å². The smallest absolute Gasteiger partial charge is 0.356 e. The number of H-pyrrole nitrogens is 1. The zero-order chi connectivity index (χ0) is 14.7. The Morgan fingerprint density at radius 2 is 2.15 bits per heavy atom. The molecule has 0 atom stereocenters. The zero-order valence-electron chi connectivity index (χ0n) is 11.8. The first-order valence-electron chi connectivity index (χ1n) is 6.23. The number of likely N-dealkylation sites (N-methyl/N-ethyl adjacent to an activating group) is 1. The Balaban J connectivity index is 2.40. The van der Waals surface area contributed by atoms with Crippen molar-refractivity contribution in [1.29, 1.82) is 0 Å². The maximum Gasteiger partial charge on any atom is 0.356 e. The number of rotatable bonds is 6. The van der Waals surface area contributed by atoms with Crippen molar-refractivity contribution in [2.45, 2.75) is 0 Å². The van der Waals surface area contributed by atoms with Crippen molar-refractivity contribution < 1.29 is 19.4 Å². The summed E-state index contributed by atoms with van der Waals surface area (Å²) in [7, 11) is 5.43. The molecule has 2 N–H and O–H groups in total. The minimum absolute atomic E-state index is 0.0620. The van der Waals surface area contributed by atoms with Gasteiger partial charge in [-0.1, -0.05) is 0 Å². The second kappa shape index (κ2) is 5.83. The molecule has 20 heavy (non-hydrogen) atoms. The van der Waals surface area contributed by atoms with Gasteiger partial charge >= 0.3 is 5.97 Å². The van der Waals surface area contributed by atoms with Crippen molar-refractivity contribution in [2.24, 2.45) is 0 Å². The van der Waals surface area contributed by atoms with Crippen LogP contribution in [0.4, 0.5) is 0 Å². The molecule has 1 aromatic carbocycles. The van der Waals surface area contributed by atoms with Crippen LogP contribution in [0.1, 0.15) is 10.5 Å². The van der Waals surface area contributed by atoms with E-state index in [2.05, 4.69) is 4.98 Å². The molecule has 6 heteroatoms. The van der Waals surface area contributed by atoms with Crippen LogP contribution < -0.4 is 9.47 Å². The molecule has 0 saturated carbocycles.